The molecular formula is C14H16N2O2S. The highest BCUT2D eigenvalue weighted by molar-refractivity contribution is 7.07. The first-order valence-electron chi connectivity index (χ1n) is 6.07. The molecule has 2 amide bonds. The minimum atomic E-state index is -0.238. The number of benzene rings is 1. The lowest BCUT2D eigenvalue weighted by Gasteiger charge is -2.11. The SMILES string of the molecule is CCOc1ccccc1NC(=O)NCc1ccsc1. The highest BCUT2D eigenvalue weighted by Gasteiger charge is 2.06. The summed E-state index contributed by atoms with van der Waals surface area (Å²) in [6.45, 7) is 2.99. The van der Waals surface area contributed by atoms with Crippen LogP contribution in [0.5, 0.6) is 5.75 Å². The Morgan fingerprint density at radius 2 is 2.16 bits per heavy atom. The van der Waals surface area contributed by atoms with Crippen molar-refractivity contribution in [2.45, 2.75) is 13.5 Å². The second kappa shape index (κ2) is 6.80. The Labute approximate surface area is 116 Å². The number of nitrogens with one attached hydrogen (secondary N) is 2. The number of ether oxygens (including phenoxy) is 1. The van der Waals surface area contributed by atoms with Crippen LogP contribution in [0.3, 0.4) is 0 Å². The molecule has 100 valence electrons. The number of hydrogen-bond acceptors (Lipinski definition) is 3. The molecule has 4 nitrogen and oxygen atoms in total. The van der Waals surface area contributed by atoms with E-state index >= 15 is 0 Å². The van der Waals surface area contributed by atoms with E-state index in [0.717, 1.165) is 5.56 Å². The summed E-state index contributed by atoms with van der Waals surface area (Å²) in [5.41, 5.74) is 1.77. The molecule has 0 radical (unpaired) electrons. The highest BCUT2D eigenvalue weighted by Crippen LogP contribution is 2.23. The molecule has 0 spiro atoms. The third-order valence-corrected chi connectivity index (χ3v) is 3.20. The largest absolute Gasteiger partial charge is 0.492 e. The van der Waals surface area contributed by atoms with Crippen molar-refractivity contribution in [2.24, 2.45) is 0 Å². The monoisotopic (exact) mass is 276 g/mol. The van der Waals surface area contributed by atoms with E-state index in [-0.39, 0.29) is 6.03 Å². The van der Waals surface area contributed by atoms with Crippen LogP contribution in [0, 0.1) is 0 Å². The summed E-state index contributed by atoms with van der Waals surface area (Å²) < 4.78 is 5.45. The molecule has 2 N–H and O–H groups in total. The molecule has 0 saturated carbocycles. The molecule has 0 atom stereocenters. The van der Waals surface area contributed by atoms with Gasteiger partial charge in [0.05, 0.1) is 12.3 Å². The van der Waals surface area contributed by atoms with Gasteiger partial charge in [0, 0.05) is 6.54 Å². The van der Waals surface area contributed by atoms with E-state index in [1.54, 1.807) is 11.3 Å². The van der Waals surface area contributed by atoms with Crippen molar-refractivity contribution < 1.29 is 9.53 Å². The van der Waals surface area contributed by atoms with E-state index in [4.69, 9.17) is 4.74 Å². The third-order valence-electron chi connectivity index (χ3n) is 2.47. The van der Waals surface area contributed by atoms with E-state index in [0.29, 0.717) is 24.6 Å². The van der Waals surface area contributed by atoms with Crippen molar-refractivity contribution in [1.82, 2.24) is 5.32 Å². The second-order valence-electron chi connectivity index (χ2n) is 3.87. The Morgan fingerprint density at radius 3 is 2.89 bits per heavy atom. The average molecular weight is 276 g/mol. The van der Waals surface area contributed by atoms with Crippen LogP contribution in [0.25, 0.3) is 0 Å². The van der Waals surface area contributed by atoms with Gasteiger partial charge in [-0.15, -0.1) is 0 Å². The zero-order valence-electron chi connectivity index (χ0n) is 10.7. The van der Waals surface area contributed by atoms with Gasteiger partial charge < -0.3 is 15.4 Å². The molecule has 0 unspecified atom stereocenters. The Hall–Kier alpha value is -2.01. The minimum Gasteiger partial charge on any atom is -0.492 e. The van der Waals surface area contributed by atoms with Crippen LogP contribution in [0.15, 0.2) is 41.1 Å². The molecule has 0 fully saturated rings. The summed E-state index contributed by atoms with van der Waals surface area (Å²) in [4.78, 5) is 11.8. The molecule has 0 aliphatic carbocycles. The quantitative estimate of drug-likeness (QED) is 0.878. The van der Waals surface area contributed by atoms with Crippen molar-refractivity contribution in [3.05, 3.63) is 46.7 Å². The van der Waals surface area contributed by atoms with Crippen molar-refractivity contribution >= 4 is 23.1 Å². The zero-order chi connectivity index (χ0) is 13.5. The predicted octanol–water partition coefficient (Wildman–Crippen LogP) is 3.47. The van der Waals surface area contributed by atoms with E-state index in [2.05, 4.69) is 10.6 Å². The fraction of sp³-hybridized carbons (Fsp3) is 0.214. The second-order valence-corrected chi connectivity index (χ2v) is 4.65. The van der Waals surface area contributed by atoms with E-state index in [1.165, 1.54) is 0 Å². The van der Waals surface area contributed by atoms with Crippen LogP contribution >= 0.6 is 11.3 Å². The molecule has 0 saturated heterocycles. The third kappa shape index (κ3) is 3.99. The Balaban J connectivity index is 1.91. The molecular weight excluding hydrogens is 260 g/mol. The van der Waals surface area contributed by atoms with Gasteiger partial charge in [-0.05, 0) is 41.4 Å². The fourth-order valence-electron chi connectivity index (χ4n) is 1.59. The van der Waals surface area contributed by atoms with Crippen LogP contribution in [0.1, 0.15) is 12.5 Å². The lowest BCUT2D eigenvalue weighted by atomic mass is 10.3. The van der Waals surface area contributed by atoms with E-state index in [1.807, 2.05) is 48.0 Å². The molecule has 19 heavy (non-hydrogen) atoms. The number of carbonyl (C=O) groups excluding carboxylic acids is 1. The standard InChI is InChI=1S/C14H16N2O2S/c1-2-18-13-6-4-3-5-12(13)16-14(17)15-9-11-7-8-19-10-11/h3-8,10H,2,9H2,1H3,(H2,15,16,17). The van der Waals surface area contributed by atoms with Gasteiger partial charge in [-0.25, -0.2) is 4.79 Å². The summed E-state index contributed by atoms with van der Waals surface area (Å²) in [5.74, 6) is 0.677. The Morgan fingerprint density at radius 1 is 1.32 bits per heavy atom. The number of carbonyl (C=O) groups is 1. The van der Waals surface area contributed by atoms with Gasteiger partial charge in [-0.3, -0.25) is 0 Å². The average Bonchev–Trinajstić information content (AvgIpc) is 2.92. The van der Waals surface area contributed by atoms with Gasteiger partial charge in [-0.1, -0.05) is 12.1 Å². The normalized spacial score (nSPS) is 9.95. The highest BCUT2D eigenvalue weighted by atomic mass is 32.1. The molecule has 0 bridgehead atoms. The van der Waals surface area contributed by atoms with E-state index in [9.17, 15) is 4.79 Å². The first kappa shape index (κ1) is 13.4. The van der Waals surface area contributed by atoms with Gasteiger partial charge >= 0.3 is 6.03 Å². The molecule has 1 heterocycles. The summed E-state index contributed by atoms with van der Waals surface area (Å²) >= 11 is 1.61. The van der Waals surface area contributed by atoms with Crippen molar-refractivity contribution in [2.75, 3.05) is 11.9 Å². The first-order chi connectivity index (χ1) is 9.29. The Bertz CT molecular complexity index is 526. The number of amides is 2. The fourth-order valence-corrected chi connectivity index (χ4v) is 2.26. The summed E-state index contributed by atoms with van der Waals surface area (Å²) in [7, 11) is 0. The van der Waals surface area contributed by atoms with Gasteiger partial charge in [0.2, 0.25) is 0 Å². The van der Waals surface area contributed by atoms with Crippen molar-refractivity contribution in [1.29, 1.82) is 0 Å². The number of hydrogen-bond donors (Lipinski definition) is 2. The lowest BCUT2D eigenvalue weighted by molar-refractivity contribution is 0.251. The lowest BCUT2D eigenvalue weighted by Crippen LogP contribution is -2.28. The smallest absolute Gasteiger partial charge is 0.319 e. The number of rotatable bonds is 5. The topological polar surface area (TPSA) is 50.4 Å². The Kier molecular flexibility index (Phi) is 4.80. The van der Waals surface area contributed by atoms with Crippen LogP contribution < -0.4 is 15.4 Å². The molecule has 0 aliphatic heterocycles. The molecule has 5 heteroatoms. The van der Waals surface area contributed by atoms with Crippen LogP contribution in [-0.4, -0.2) is 12.6 Å². The van der Waals surface area contributed by atoms with E-state index < -0.39 is 0 Å². The maximum absolute atomic E-state index is 11.8. The maximum atomic E-state index is 11.8. The van der Waals surface area contributed by atoms with Crippen LogP contribution in [-0.2, 0) is 6.54 Å². The zero-order valence-corrected chi connectivity index (χ0v) is 11.5. The minimum absolute atomic E-state index is 0.238. The molecule has 1 aromatic heterocycles. The molecule has 2 rings (SSSR count). The molecule has 0 aliphatic rings. The number of thiophene rings is 1. The van der Waals surface area contributed by atoms with Gasteiger partial charge in [0.1, 0.15) is 5.75 Å². The van der Waals surface area contributed by atoms with Crippen molar-refractivity contribution in [3.63, 3.8) is 0 Å². The van der Waals surface area contributed by atoms with Crippen LogP contribution in [0.4, 0.5) is 10.5 Å². The summed E-state index contributed by atoms with van der Waals surface area (Å²) in [5, 5.41) is 9.58. The number of anilines is 1. The van der Waals surface area contributed by atoms with Crippen molar-refractivity contribution in [3.8, 4) is 5.75 Å². The van der Waals surface area contributed by atoms with Gasteiger partial charge in [0.25, 0.3) is 0 Å². The maximum Gasteiger partial charge on any atom is 0.319 e. The molecule has 1 aromatic carbocycles. The summed E-state index contributed by atoms with van der Waals surface area (Å²) in [6.07, 6.45) is 0. The van der Waals surface area contributed by atoms with Gasteiger partial charge in [-0.2, -0.15) is 11.3 Å². The van der Waals surface area contributed by atoms with Gasteiger partial charge in [0.15, 0.2) is 0 Å². The predicted molar refractivity (Wildman–Crippen MR) is 77.8 cm³/mol. The molecule has 2 aromatic rings. The number of urea groups is 1. The van der Waals surface area contributed by atoms with Crippen LogP contribution in [0.2, 0.25) is 0 Å². The first-order valence-corrected chi connectivity index (χ1v) is 7.01. The number of para-hydroxylation sites is 2. The summed E-state index contributed by atoms with van der Waals surface area (Å²) in [6, 6.07) is 9.13.